The van der Waals surface area contributed by atoms with Gasteiger partial charge in [0.15, 0.2) is 0 Å². The largest absolute Gasteiger partial charge is 0.310 e. The minimum Gasteiger partial charge on any atom is -0.310 e. The van der Waals surface area contributed by atoms with E-state index in [-0.39, 0.29) is 0 Å². The number of hydrogen-bond donors (Lipinski definition) is 0. The Morgan fingerprint density at radius 1 is 1.00 bits per heavy atom. The maximum absolute atomic E-state index is 8.97. The first kappa shape index (κ1) is 10.5. The van der Waals surface area contributed by atoms with Crippen LogP contribution in [0.2, 0.25) is 0 Å². The molecule has 18 heavy (non-hydrogen) atoms. The number of nitriles is 1. The summed E-state index contributed by atoms with van der Waals surface area (Å²) in [5, 5.41) is 8.97. The molecule has 1 aromatic heterocycles. The predicted octanol–water partition coefficient (Wildman–Crippen LogP) is 3.23. The molecule has 3 heteroatoms. The molecule has 0 radical (unpaired) electrons. The van der Waals surface area contributed by atoms with Gasteiger partial charge in [0.05, 0.1) is 17.1 Å². The third-order valence-corrected chi connectivity index (χ3v) is 2.92. The Morgan fingerprint density at radius 3 is 2.50 bits per heavy atom. The molecule has 86 valence electrons. The van der Waals surface area contributed by atoms with Crippen LogP contribution in [0.25, 0.3) is 22.4 Å². The van der Waals surface area contributed by atoms with Crippen molar-refractivity contribution in [3.05, 3.63) is 54.6 Å². The minimum absolute atomic E-state index is 0.310. The number of para-hydroxylation sites is 2. The van der Waals surface area contributed by atoms with Crippen molar-refractivity contribution in [2.24, 2.45) is 0 Å². The Labute approximate surface area is 105 Å². The van der Waals surface area contributed by atoms with Crippen molar-refractivity contribution < 1.29 is 0 Å². The van der Waals surface area contributed by atoms with Crippen LogP contribution in [0, 0.1) is 11.3 Å². The first-order chi connectivity index (χ1) is 8.90. The number of fused-ring (bicyclic) bond motifs is 1. The quantitative estimate of drug-likeness (QED) is 0.682. The number of hydrogen-bond acceptors (Lipinski definition) is 2. The molecular formula is C15H11N3. The molecule has 0 saturated carbocycles. The summed E-state index contributed by atoms with van der Waals surface area (Å²) >= 11 is 0. The molecule has 1 heterocycles. The van der Waals surface area contributed by atoms with E-state index < -0.39 is 0 Å². The van der Waals surface area contributed by atoms with Gasteiger partial charge in [-0.1, -0.05) is 42.5 Å². The van der Waals surface area contributed by atoms with Crippen molar-refractivity contribution in [1.29, 1.82) is 5.26 Å². The molecule has 0 aliphatic heterocycles. The van der Waals surface area contributed by atoms with Gasteiger partial charge in [0, 0.05) is 5.56 Å². The molecule has 3 rings (SSSR count). The van der Waals surface area contributed by atoms with Crippen LogP contribution in [0.3, 0.4) is 0 Å². The molecule has 3 nitrogen and oxygen atoms in total. The van der Waals surface area contributed by atoms with Crippen molar-refractivity contribution in [2.75, 3.05) is 0 Å². The monoisotopic (exact) mass is 233 g/mol. The lowest BCUT2D eigenvalue weighted by atomic mass is 10.2. The first-order valence-electron chi connectivity index (χ1n) is 5.78. The molecule has 0 spiro atoms. The van der Waals surface area contributed by atoms with E-state index in [9.17, 15) is 0 Å². The third kappa shape index (κ3) is 1.64. The summed E-state index contributed by atoms with van der Waals surface area (Å²) in [6.45, 7) is 0.310. The predicted molar refractivity (Wildman–Crippen MR) is 70.8 cm³/mol. The maximum Gasteiger partial charge on any atom is 0.142 e. The van der Waals surface area contributed by atoms with Crippen LogP contribution in [0.1, 0.15) is 0 Å². The zero-order chi connectivity index (χ0) is 12.4. The summed E-state index contributed by atoms with van der Waals surface area (Å²) in [5.41, 5.74) is 2.95. The van der Waals surface area contributed by atoms with Crippen LogP contribution in [-0.2, 0) is 6.54 Å². The van der Waals surface area contributed by atoms with Crippen LogP contribution < -0.4 is 0 Å². The Kier molecular flexibility index (Phi) is 2.54. The lowest BCUT2D eigenvalue weighted by Crippen LogP contribution is -1.98. The van der Waals surface area contributed by atoms with Gasteiger partial charge >= 0.3 is 0 Å². The standard InChI is InChI=1S/C15H11N3/c16-10-11-18-14-9-5-4-8-13(14)17-15(18)12-6-2-1-3-7-12/h1-9H,11H2. The van der Waals surface area contributed by atoms with Gasteiger partial charge in [-0.05, 0) is 12.1 Å². The SMILES string of the molecule is N#CCn1c(-c2ccccc2)nc2ccccc21. The van der Waals surface area contributed by atoms with Crippen LogP contribution in [0.5, 0.6) is 0 Å². The molecular weight excluding hydrogens is 222 g/mol. The van der Waals surface area contributed by atoms with E-state index in [0.29, 0.717) is 6.54 Å². The fourth-order valence-corrected chi connectivity index (χ4v) is 2.11. The number of rotatable bonds is 2. The summed E-state index contributed by atoms with van der Waals surface area (Å²) in [5.74, 6) is 0.846. The molecule has 2 aromatic carbocycles. The van der Waals surface area contributed by atoms with Gasteiger partial charge in [-0.3, -0.25) is 0 Å². The molecule has 0 unspecified atom stereocenters. The maximum atomic E-state index is 8.97. The Balaban J connectivity index is 2.29. The van der Waals surface area contributed by atoms with E-state index in [2.05, 4.69) is 11.1 Å². The van der Waals surface area contributed by atoms with Gasteiger partial charge in [0.1, 0.15) is 12.4 Å². The second kappa shape index (κ2) is 4.34. The minimum atomic E-state index is 0.310. The summed E-state index contributed by atoms with van der Waals surface area (Å²) in [6.07, 6.45) is 0. The van der Waals surface area contributed by atoms with Gasteiger partial charge in [0.25, 0.3) is 0 Å². The Morgan fingerprint density at radius 2 is 1.72 bits per heavy atom. The normalized spacial score (nSPS) is 10.4. The lowest BCUT2D eigenvalue weighted by molar-refractivity contribution is 0.870. The van der Waals surface area contributed by atoms with Crippen LogP contribution >= 0.6 is 0 Å². The molecule has 0 aliphatic rings. The highest BCUT2D eigenvalue weighted by molar-refractivity contribution is 5.80. The summed E-state index contributed by atoms with van der Waals surface area (Å²) in [7, 11) is 0. The molecule has 0 bridgehead atoms. The zero-order valence-electron chi connectivity index (χ0n) is 9.74. The third-order valence-electron chi connectivity index (χ3n) is 2.92. The average molecular weight is 233 g/mol. The summed E-state index contributed by atoms with van der Waals surface area (Å²) < 4.78 is 1.95. The van der Waals surface area contributed by atoms with E-state index in [1.54, 1.807) is 0 Å². The highest BCUT2D eigenvalue weighted by atomic mass is 15.1. The summed E-state index contributed by atoms with van der Waals surface area (Å²) in [4.78, 5) is 4.61. The van der Waals surface area contributed by atoms with Crippen molar-refractivity contribution in [3.8, 4) is 17.5 Å². The summed E-state index contributed by atoms with van der Waals surface area (Å²) in [6, 6.07) is 20.0. The molecule has 0 N–H and O–H groups in total. The van der Waals surface area contributed by atoms with E-state index in [1.807, 2.05) is 59.2 Å². The molecule has 0 saturated heterocycles. The second-order valence-corrected chi connectivity index (χ2v) is 4.03. The van der Waals surface area contributed by atoms with Crippen molar-refractivity contribution in [3.63, 3.8) is 0 Å². The van der Waals surface area contributed by atoms with Gasteiger partial charge in [-0.25, -0.2) is 4.98 Å². The van der Waals surface area contributed by atoms with E-state index in [4.69, 9.17) is 5.26 Å². The number of imidazole rings is 1. The smallest absolute Gasteiger partial charge is 0.142 e. The number of nitrogens with zero attached hydrogens (tertiary/aromatic N) is 3. The highest BCUT2D eigenvalue weighted by Crippen LogP contribution is 2.24. The van der Waals surface area contributed by atoms with Crippen molar-refractivity contribution in [2.45, 2.75) is 6.54 Å². The van der Waals surface area contributed by atoms with Crippen molar-refractivity contribution in [1.82, 2.24) is 9.55 Å². The van der Waals surface area contributed by atoms with Crippen LogP contribution in [0.4, 0.5) is 0 Å². The van der Waals surface area contributed by atoms with Gasteiger partial charge in [-0.2, -0.15) is 5.26 Å². The lowest BCUT2D eigenvalue weighted by Gasteiger charge is -2.04. The first-order valence-corrected chi connectivity index (χ1v) is 5.78. The zero-order valence-corrected chi connectivity index (χ0v) is 9.74. The average Bonchev–Trinajstić information content (AvgIpc) is 2.80. The van der Waals surface area contributed by atoms with Crippen molar-refractivity contribution >= 4 is 11.0 Å². The van der Waals surface area contributed by atoms with E-state index >= 15 is 0 Å². The fraction of sp³-hybridized carbons (Fsp3) is 0.0667. The molecule has 0 atom stereocenters. The fourth-order valence-electron chi connectivity index (χ4n) is 2.11. The van der Waals surface area contributed by atoms with Crippen LogP contribution in [0.15, 0.2) is 54.6 Å². The molecule has 0 amide bonds. The van der Waals surface area contributed by atoms with Gasteiger partial charge in [-0.15, -0.1) is 0 Å². The van der Waals surface area contributed by atoms with E-state index in [1.165, 1.54) is 0 Å². The molecule has 0 aliphatic carbocycles. The number of benzene rings is 2. The van der Waals surface area contributed by atoms with Crippen LogP contribution in [-0.4, -0.2) is 9.55 Å². The Hall–Kier alpha value is -2.60. The van der Waals surface area contributed by atoms with E-state index in [0.717, 1.165) is 22.4 Å². The topological polar surface area (TPSA) is 41.6 Å². The Bertz CT molecular complexity index is 720. The molecule has 3 aromatic rings. The highest BCUT2D eigenvalue weighted by Gasteiger charge is 2.11. The second-order valence-electron chi connectivity index (χ2n) is 4.03. The molecule has 0 fully saturated rings. The van der Waals surface area contributed by atoms with Gasteiger partial charge < -0.3 is 4.57 Å². The number of aromatic nitrogens is 2. The van der Waals surface area contributed by atoms with Gasteiger partial charge in [0.2, 0.25) is 0 Å².